The van der Waals surface area contributed by atoms with Gasteiger partial charge in [-0.3, -0.25) is 0 Å². The third-order valence-electron chi connectivity index (χ3n) is 2.63. The third kappa shape index (κ3) is 2.11. The van der Waals surface area contributed by atoms with E-state index in [1.165, 1.54) is 11.3 Å². The second kappa shape index (κ2) is 4.81. The summed E-state index contributed by atoms with van der Waals surface area (Å²) in [6.07, 6.45) is 0.909. The Morgan fingerprint density at radius 3 is 2.78 bits per heavy atom. The fourth-order valence-corrected chi connectivity index (χ4v) is 2.43. The molecule has 1 N–H and O–H groups in total. The number of benzene rings is 1. The molecule has 0 unspecified atom stereocenters. The highest BCUT2D eigenvalue weighted by molar-refractivity contribution is 7.18. The van der Waals surface area contributed by atoms with Crippen LogP contribution in [0.5, 0.6) is 11.5 Å². The fraction of sp³-hybridized carbons (Fsp3) is 0.333. The minimum Gasteiger partial charge on any atom is -0.490 e. The zero-order valence-corrected chi connectivity index (χ0v) is 10.8. The fourth-order valence-electron chi connectivity index (χ4n) is 1.74. The van der Waals surface area contributed by atoms with E-state index < -0.39 is 0 Å². The first-order valence-electron chi connectivity index (χ1n) is 5.78. The summed E-state index contributed by atoms with van der Waals surface area (Å²) in [5.41, 5.74) is 0.998. The number of aromatic nitrogens is 2. The number of hydrogen-bond donors (Lipinski definition) is 1. The van der Waals surface area contributed by atoms with Gasteiger partial charge in [-0.15, -0.1) is 10.2 Å². The van der Waals surface area contributed by atoms with Gasteiger partial charge >= 0.3 is 0 Å². The summed E-state index contributed by atoms with van der Waals surface area (Å²) >= 11 is 1.51. The normalized spacial score (nSPS) is 14.1. The van der Waals surface area contributed by atoms with Gasteiger partial charge in [0.15, 0.2) is 11.5 Å². The molecule has 1 aliphatic rings. The molecule has 5 nitrogen and oxygen atoms in total. The van der Waals surface area contributed by atoms with Crippen molar-refractivity contribution in [2.45, 2.75) is 6.42 Å². The van der Waals surface area contributed by atoms with Gasteiger partial charge in [-0.05, 0) is 18.2 Å². The molecule has 0 radical (unpaired) electrons. The van der Waals surface area contributed by atoms with Crippen LogP contribution in [0.1, 0.15) is 6.42 Å². The lowest BCUT2D eigenvalue weighted by atomic mass is 10.2. The molecule has 0 saturated heterocycles. The van der Waals surface area contributed by atoms with Crippen LogP contribution in [0.15, 0.2) is 18.2 Å². The molecule has 0 atom stereocenters. The molecule has 18 heavy (non-hydrogen) atoms. The van der Waals surface area contributed by atoms with Crippen molar-refractivity contribution in [1.82, 2.24) is 10.2 Å². The average molecular weight is 263 g/mol. The standard InChI is InChI=1S/C12H13N3O2S/c1-13-12-15-14-11(18-12)8-3-4-9-10(7-8)17-6-2-5-16-9/h3-4,7H,2,5-6H2,1H3,(H,13,15). The van der Waals surface area contributed by atoms with Crippen LogP contribution in [0.4, 0.5) is 5.13 Å². The van der Waals surface area contributed by atoms with E-state index in [4.69, 9.17) is 9.47 Å². The second-order valence-corrected chi connectivity index (χ2v) is 4.85. The van der Waals surface area contributed by atoms with Gasteiger partial charge in [0.2, 0.25) is 5.13 Å². The summed E-state index contributed by atoms with van der Waals surface area (Å²) in [7, 11) is 1.83. The van der Waals surface area contributed by atoms with Gasteiger partial charge < -0.3 is 14.8 Å². The monoisotopic (exact) mass is 263 g/mol. The highest BCUT2D eigenvalue weighted by Gasteiger charge is 2.13. The molecule has 0 aliphatic carbocycles. The van der Waals surface area contributed by atoms with Crippen molar-refractivity contribution >= 4 is 16.5 Å². The van der Waals surface area contributed by atoms with E-state index in [1.807, 2.05) is 25.2 Å². The lowest BCUT2D eigenvalue weighted by Crippen LogP contribution is -1.97. The average Bonchev–Trinajstić information content (AvgIpc) is 2.76. The van der Waals surface area contributed by atoms with Crippen molar-refractivity contribution in [2.24, 2.45) is 0 Å². The number of fused-ring (bicyclic) bond motifs is 1. The molecule has 1 aromatic carbocycles. The summed E-state index contributed by atoms with van der Waals surface area (Å²) < 4.78 is 11.3. The Morgan fingerprint density at radius 1 is 1.17 bits per heavy atom. The maximum atomic E-state index is 5.66. The van der Waals surface area contributed by atoms with Crippen LogP contribution in [0.2, 0.25) is 0 Å². The summed E-state index contributed by atoms with van der Waals surface area (Å²) in [5.74, 6) is 1.58. The highest BCUT2D eigenvalue weighted by atomic mass is 32.1. The molecule has 0 saturated carbocycles. The Balaban J connectivity index is 1.95. The van der Waals surface area contributed by atoms with Crippen molar-refractivity contribution in [2.75, 3.05) is 25.6 Å². The van der Waals surface area contributed by atoms with E-state index in [9.17, 15) is 0 Å². The molecule has 1 aromatic heterocycles. The first kappa shape index (κ1) is 11.3. The summed E-state index contributed by atoms with van der Waals surface area (Å²) in [6.45, 7) is 1.39. The third-order valence-corrected chi connectivity index (χ3v) is 3.62. The van der Waals surface area contributed by atoms with Crippen LogP contribution in [-0.4, -0.2) is 30.5 Å². The van der Waals surface area contributed by atoms with E-state index in [1.54, 1.807) is 0 Å². The maximum absolute atomic E-state index is 5.66. The highest BCUT2D eigenvalue weighted by Crippen LogP contribution is 2.35. The Morgan fingerprint density at radius 2 is 2.00 bits per heavy atom. The quantitative estimate of drug-likeness (QED) is 0.901. The predicted octanol–water partition coefficient (Wildman–Crippen LogP) is 2.41. The van der Waals surface area contributed by atoms with E-state index in [-0.39, 0.29) is 0 Å². The molecule has 2 aromatic rings. The predicted molar refractivity (Wildman–Crippen MR) is 70.5 cm³/mol. The van der Waals surface area contributed by atoms with Gasteiger partial charge in [-0.25, -0.2) is 0 Å². The van der Waals surface area contributed by atoms with Crippen molar-refractivity contribution < 1.29 is 9.47 Å². The first-order valence-corrected chi connectivity index (χ1v) is 6.60. The smallest absolute Gasteiger partial charge is 0.205 e. The number of anilines is 1. The molecule has 0 fully saturated rings. The Kier molecular flexibility index (Phi) is 3.02. The zero-order valence-electron chi connectivity index (χ0n) is 9.97. The number of rotatable bonds is 2. The second-order valence-electron chi connectivity index (χ2n) is 3.87. The van der Waals surface area contributed by atoms with Crippen molar-refractivity contribution in [3.63, 3.8) is 0 Å². The molecule has 94 valence electrons. The van der Waals surface area contributed by atoms with E-state index in [0.29, 0.717) is 13.2 Å². The number of hydrogen-bond acceptors (Lipinski definition) is 6. The van der Waals surface area contributed by atoms with Gasteiger partial charge in [0.1, 0.15) is 5.01 Å². The van der Waals surface area contributed by atoms with Gasteiger partial charge in [0.25, 0.3) is 0 Å². The van der Waals surface area contributed by atoms with Crippen LogP contribution >= 0.6 is 11.3 Å². The van der Waals surface area contributed by atoms with Crippen LogP contribution in [0, 0.1) is 0 Å². The van der Waals surface area contributed by atoms with Gasteiger partial charge in [-0.1, -0.05) is 11.3 Å². The minimum absolute atomic E-state index is 0.689. The van der Waals surface area contributed by atoms with E-state index >= 15 is 0 Å². The molecule has 2 heterocycles. The van der Waals surface area contributed by atoms with Gasteiger partial charge in [0.05, 0.1) is 13.2 Å². The van der Waals surface area contributed by atoms with Crippen LogP contribution in [0.3, 0.4) is 0 Å². The topological polar surface area (TPSA) is 56.3 Å². The Hall–Kier alpha value is -1.82. The van der Waals surface area contributed by atoms with Crippen LogP contribution in [0.25, 0.3) is 10.6 Å². The molecular weight excluding hydrogens is 250 g/mol. The number of ether oxygens (including phenoxy) is 2. The molecule has 0 bridgehead atoms. The maximum Gasteiger partial charge on any atom is 0.205 e. The summed E-state index contributed by atoms with van der Waals surface area (Å²) in [5, 5.41) is 12.8. The van der Waals surface area contributed by atoms with Gasteiger partial charge in [-0.2, -0.15) is 0 Å². The largest absolute Gasteiger partial charge is 0.490 e. The molecular formula is C12H13N3O2S. The Bertz CT molecular complexity index is 556. The van der Waals surface area contributed by atoms with E-state index in [0.717, 1.165) is 33.6 Å². The minimum atomic E-state index is 0.689. The molecule has 0 spiro atoms. The summed E-state index contributed by atoms with van der Waals surface area (Å²) in [4.78, 5) is 0. The lowest BCUT2D eigenvalue weighted by molar-refractivity contribution is 0.297. The van der Waals surface area contributed by atoms with Crippen molar-refractivity contribution in [3.8, 4) is 22.1 Å². The van der Waals surface area contributed by atoms with Crippen molar-refractivity contribution in [1.29, 1.82) is 0 Å². The van der Waals surface area contributed by atoms with E-state index in [2.05, 4.69) is 15.5 Å². The van der Waals surface area contributed by atoms with Gasteiger partial charge in [0, 0.05) is 19.0 Å². The molecule has 3 rings (SSSR count). The SMILES string of the molecule is CNc1nnc(-c2ccc3c(c2)OCCCO3)s1. The Labute approximate surface area is 109 Å². The van der Waals surface area contributed by atoms with Crippen molar-refractivity contribution in [3.05, 3.63) is 18.2 Å². The first-order chi connectivity index (χ1) is 8.86. The molecule has 6 heteroatoms. The lowest BCUT2D eigenvalue weighted by Gasteiger charge is -2.07. The number of nitrogens with zero attached hydrogens (tertiary/aromatic N) is 2. The zero-order chi connectivity index (χ0) is 12.4. The van der Waals surface area contributed by atoms with Crippen LogP contribution in [-0.2, 0) is 0 Å². The van der Waals surface area contributed by atoms with Crippen LogP contribution < -0.4 is 14.8 Å². The summed E-state index contributed by atoms with van der Waals surface area (Å²) in [6, 6.07) is 5.87. The molecule has 1 aliphatic heterocycles. The number of nitrogens with one attached hydrogen (secondary N) is 1. The molecule has 0 amide bonds.